The Morgan fingerprint density at radius 3 is 2.12 bits per heavy atom. The Morgan fingerprint density at radius 2 is 1.62 bits per heavy atom. The van der Waals surface area contributed by atoms with Crippen molar-refractivity contribution in [2.45, 2.75) is 27.8 Å². The Bertz CT molecular complexity index is 1100. The molecule has 2 rings (SSSR count). The van der Waals surface area contributed by atoms with Crippen molar-refractivity contribution in [1.29, 1.82) is 0 Å². The monoisotopic (exact) mass is 472 g/mol. The molecule has 0 fully saturated rings. The SMILES string of the molecule is Cc1cccc(S(=O)(=O)c2cc(Br)c(N)cc2C(F)(F)F)c1S(N)(=O)=O. The molecule has 0 atom stereocenters. The molecule has 0 bridgehead atoms. The van der Waals surface area contributed by atoms with Gasteiger partial charge in [-0.2, -0.15) is 13.2 Å². The number of anilines is 1. The van der Waals surface area contributed by atoms with Crippen molar-refractivity contribution in [3.63, 3.8) is 0 Å². The number of nitrogens with two attached hydrogens (primary N) is 2. The fraction of sp³-hybridized carbons (Fsp3) is 0.143. The molecule has 0 aromatic heterocycles. The highest BCUT2D eigenvalue weighted by atomic mass is 79.9. The number of benzene rings is 2. The number of rotatable bonds is 3. The van der Waals surface area contributed by atoms with Gasteiger partial charge in [-0.1, -0.05) is 12.1 Å². The zero-order chi connectivity index (χ0) is 20.1. The standard InChI is InChI=1S/C14H12BrF3N2O4S2/c1-7-3-2-4-11(13(7)26(20,23)24)25(21,22)12-6-9(15)10(19)5-8(12)14(16,17)18/h2-6H,19H2,1H3,(H2,20,23,24). The first-order chi connectivity index (χ1) is 11.7. The second-order valence-electron chi connectivity index (χ2n) is 5.32. The molecule has 0 spiro atoms. The molecule has 0 aliphatic carbocycles. The van der Waals surface area contributed by atoms with Crippen LogP contribution >= 0.6 is 15.9 Å². The van der Waals surface area contributed by atoms with E-state index >= 15 is 0 Å². The summed E-state index contributed by atoms with van der Waals surface area (Å²) in [5, 5.41) is 5.07. The Balaban J connectivity index is 2.96. The molecule has 0 unspecified atom stereocenters. The molecule has 4 N–H and O–H groups in total. The third-order valence-corrected chi connectivity index (χ3v) is 7.21. The molecule has 12 heteroatoms. The number of primary sulfonamides is 1. The van der Waals surface area contributed by atoms with Gasteiger partial charge in [0.25, 0.3) is 0 Å². The molecule has 0 aliphatic rings. The van der Waals surface area contributed by atoms with E-state index in [0.717, 1.165) is 6.07 Å². The first kappa shape index (κ1) is 20.7. The van der Waals surface area contributed by atoms with Crippen LogP contribution < -0.4 is 10.9 Å². The van der Waals surface area contributed by atoms with Gasteiger partial charge in [0.05, 0.1) is 15.4 Å². The van der Waals surface area contributed by atoms with E-state index in [0.29, 0.717) is 12.1 Å². The van der Waals surface area contributed by atoms with Gasteiger partial charge in [0.1, 0.15) is 4.90 Å². The number of hydrogen-bond donors (Lipinski definition) is 2. The maximum absolute atomic E-state index is 13.3. The van der Waals surface area contributed by atoms with Crippen LogP contribution in [-0.2, 0) is 26.0 Å². The summed E-state index contributed by atoms with van der Waals surface area (Å²) < 4.78 is 89.4. The van der Waals surface area contributed by atoms with E-state index in [4.69, 9.17) is 10.9 Å². The highest BCUT2D eigenvalue weighted by Gasteiger charge is 2.40. The normalized spacial score (nSPS) is 13.0. The highest BCUT2D eigenvalue weighted by Crippen LogP contribution is 2.41. The van der Waals surface area contributed by atoms with Gasteiger partial charge in [-0.05, 0) is 46.6 Å². The van der Waals surface area contributed by atoms with Gasteiger partial charge < -0.3 is 5.73 Å². The summed E-state index contributed by atoms with van der Waals surface area (Å²) in [4.78, 5) is -2.75. The molecule has 0 saturated carbocycles. The minimum atomic E-state index is -5.04. The Morgan fingerprint density at radius 1 is 1.04 bits per heavy atom. The van der Waals surface area contributed by atoms with E-state index in [1.165, 1.54) is 19.1 Å². The van der Waals surface area contributed by atoms with E-state index < -0.39 is 46.3 Å². The minimum absolute atomic E-state index is 0.0170. The first-order valence-electron chi connectivity index (χ1n) is 6.71. The number of sulfonamides is 1. The fourth-order valence-corrected chi connectivity index (χ4v) is 6.01. The minimum Gasteiger partial charge on any atom is -0.398 e. The van der Waals surface area contributed by atoms with Gasteiger partial charge in [-0.15, -0.1) is 0 Å². The van der Waals surface area contributed by atoms with Crippen molar-refractivity contribution in [3.05, 3.63) is 45.9 Å². The third-order valence-electron chi connectivity index (χ3n) is 3.44. The van der Waals surface area contributed by atoms with Crippen LogP contribution in [0.1, 0.15) is 11.1 Å². The van der Waals surface area contributed by atoms with E-state index in [1.807, 2.05) is 0 Å². The van der Waals surface area contributed by atoms with E-state index in [9.17, 15) is 30.0 Å². The van der Waals surface area contributed by atoms with Crippen molar-refractivity contribution < 1.29 is 30.0 Å². The molecule has 0 amide bonds. The van der Waals surface area contributed by atoms with Crippen LogP contribution in [0.5, 0.6) is 0 Å². The van der Waals surface area contributed by atoms with Gasteiger partial charge in [-0.3, -0.25) is 0 Å². The molecule has 0 aliphatic heterocycles. The van der Waals surface area contributed by atoms with Gasteiger partial charge in [0.2, 0.25) is 19.9 Å². The second kappa shape index (κ2) is 6.51. The molecule has 0 heterocycles. The average Bonchev–Trinajstić information content (AvgIpc) is 2.46. The lowest BCUT2D eigenvalue weighted by molar-refractivity contribution is -0.139. The molecule has 6 nitrogen and oxygen atoms in total. The summed E-state index contributed by atoms with van der Waals surface area (Å²) in [5.74, 6) is 0. The third kappa shape index (κ3) is 3.72. The summed E-state index contributed by atoms with van der Waals surface area (Å²) in [6, 6.07) is 4.51. The molecule has 0 saturated heterocycles. The topological polar surface area (TPSA) is 120 Å². The van der Waals surface area contributed by atoms with Crippen molar-refractivity contribution in [2.75, 3.05) is 5.73 Å². The number of alkyl halides is 3. The summed E-state index contributed by atoms with van der Waals surface area (Å²) in [6.45, 7) is 1.28. The van der Waals surface area contributed by atoms with Gasteiger partial charge >= 0.3 is 6.18 Å². The van der Waals surface area contributed by atoms with Gasteiger partial charge in [0, 0.05) is 10.2 Å². The maximum atomic E-state index is 13.3. The lowest BCUT2D eigenvalue weighted by atomic mass is 10.2. The first-order valence-corrected chi connectivity index (χ1v) is 10.5. The number of sulfone groups is 1. The molecule has 142 valence electrons. The van der Waals surface area contributed by atoms with E-state index in [2.05, 4.69) is 15.9 Å². The molecular formula is C14H12BrF3N2O4S2. The van der Waals surface area contributed by atoms with Crippen molar-refractivity contribution in [3.8, 4) is 0 Å². The summed E-state index contributed by atoms with van der Waals surface area (Å²) in [7, 11) is -9.41. The van der Waals surface area contributed by atoms with Gasteiger partial charge in [0.15, 0.2) is 0 Å². The highest BCUT2D eigenvalue weighted by molar-refractivity contribution is 9.10. The number of aryl methyl sites for hydroxylation is 1. The van der Waals surface area contributed by atoms with Crippen molar-refractivity contribution in [1.82, 2.24) is 0 Å². The van der Waals surface area contributed by atoms with Crippen LogP contribution in [0.3, 0.4) is 0 Å². The van der Waals surface area contributed by atoms with Crippen LogP contribution in [0.2, 0.25) is 0 Å². The molecular weight excluding hydrogens is 461 g/mol. The average molecular weight is 473 g/mol. The lowest BCUT2D eigenvalue weighted by Gasteiger charge is -2.17. The Kier molecular flexibility index (Phi) is 5.18. The van der Waals surface area contributed by atoms with E-state index in [-0.39, 0.29) is 15.7 Å². The number of halogens is 4. The predicted octanol–water partition coefficient (Wildman–Crippen LogP) is 2.84. The largest absolute Gasteiger partial charge is 0.417 e. The quantitative estimate of drug-likeness (QED) is 0.665. The fourth-order valence-electron chi connectivity index (χ4n) is 2.34. The van der Waals surface area contributed by atoms with Crippen LogP contribution in [0.25, 0.3) is 0 Å². The molecule has 2 aromatic rings. The lowest BCUT2D eigenvalue weighted by Crippen LogP contribution is -2.20. The van der Waals surface area contributed by atoms with Gasteiger partial charge in [-0.25, -0.2) is 22.0 Å². The molecule has 26 heavy (non-hydrogen) atoms. The zero-order valence-corrected chi connectivity index (χ0v) is 16.2. The Labute approximate surface area is 156 Å². The number of hydrogen-bond acceptors (Lipinski definition) is 5. The second-order valence-corrected chi connectivity index (χ2v) is 9.56. The van der Waals surface area contributed by atoms with Crippen molar-refractivity contribution >= 4 is 41.5 Å². The van der Waals surface area contributed by atoms with E-state index in [1.54, 1.807) is 0 Å². The maximum Gasteiger partial charge on any atom is 0.417 e. The summed E-state index contributed by atoms with van der Waals surface area (Å²) in [5.41, 5.74) is 3.58. The summed E-state index contributed by atoms with van der Waals surface area (Å²) >= 11 is 2.88. The molecule has 0 radical (unpaired) electrons. The van der Waals surface area contributed by atoms with Crippen LogP contribution in [-0.4, -0.2) is 16.8 Å². The van der Waals surface area contributed by atoms with Crippen LogP contribution in [0.15, 0.2) is 49.5 Å². The predicted molar refractivity (Wildman–Crippen MR) is 91.6 cm³/mol. The number of nitrogen functional groups attached to an aromatic ring is 1. The molecule has 2 aromatic carbocycles. The van der Waals surface area contributed by atoms with Crippen LogP contribution in [0, 0.1) is 6.92 Å². The summed E-state index contributed by atoms with van der Waals surface area (Å²) in [6.07, 6.45) is -5.04. The van der Waals surface area contributed by atoms with Crippen LogP contribution in [0.4, 0.5) is 18.9 Å². The smallest absolute Gasteiger partial charge is 0.398 e. The Hall–Kier alpha value is -1.63. The zero-order valence-electron chi connectivity index (χ0n) is 13.0. The van der Waals surface area contributed by atoms with Crippen molar-refractivity contribution in [2.24, 2.45) is 5.14 Å².